The van der Waals surface area contributed by atoms with Gasteiger partial charge in [0.2, 0.25) is 0 Å². The van der Waals surface area contributed by atoms with Crippen molar-refractivity contribution in [2.75, 3.05) is 12.9 Å². The quantitative estimate of drug-likeness (QED) is 0.332. The first-order valence-corrected chi connectivity index (χ1v) is 10.1. The van der Waals surface area contributed by atoms with E-state index in [2.05, 4.69) is 36.7 Å². The molecule has 1 N–H and O–H groups in total. The van der Waals surface area contributed by atoms with E-state index in [1.54, 1.807) is 13.3 Å². The number of halogens is 1. The highest BCUT2D eigenvalue weighted by atomic mass is 79.9. The summed E-state index contributed by atoms with van der Waals surface area (Å²) in [5.74, 6) is 1.35. The Labute approximate surface area is 175 Å². The summed E-state index contributed by atoms with van der Waals surface area (Å²) in [7, 11) is 3.46. The average molecular weight is 460 g/mol. The first kappa shape index (κ1) is 20.1. The summed E-state index contributed by atoms with van der Waals surface area (Å²) in [6, 6.07) is 15.2. The Morgan fingerprint density at radius 1 is 1.25 bits per heavy atom. The molecule has 9 heteroatoms. The molecule has 0 unspecified atom stereocenters. The molecule has 7 nitrogen and oxygen atoms in total. The molecule has 3 rings (SSSR count). The Morgan fingerprint density at radius 3 is 2.79 bits per heavy atom. The Hall–Kier alpha value is -2.65. The summed E-state index contributed by atoms with van der Waals surface area (Å²) in [5, 5.41) is 13.0. The van der Waals surface area contributed by atoms with Crippen LogP contribution in [0.15, 0.2) is 63.3 Å². The maximum atomic E-state index is 12.1. The van der Waals surface area contributed by atoms with Crippen LogP contribution in [0.3, 0.4) is 0 Å². The second-order valence-corrected chi connectivity index (χ2v) is 7.47. The number of methoxy groups -OCH3 is 1. The van der Waals surface area contributed by atoms with E-state index in [0.29, 0.717) is 10.9 Å². The molecule has 0 spiro atoms. The summed E-state index contributed by atoms with van der Waals surface area (Å²) in [6.45, 7) is 0. The van der Waals surface area contributed by atoms with Crippen molar-refractivity contribution in [2.45, 2.75) is 5.16 Å². The van der Waals surface area contributed by atoms with Gasteiger partial charge in [-0.05, 0) is 18.2 Å². The smallest absolute Gasteiger partial charge is 0.250 e. The number of para-hydroxylation sites is 1. The van der Waals surface area contributed by atoms with E-state index >= 15 is 0 Å². The highest BCUT2D eigenvalue weighted by Gasteiger charge is 2.14. The van der Waals surface area contributed by atoms with Crippen molar-refractivity contribution in [1.29, 1.82) is 0 Å². The highest BCUT2D eigenvalue weighted by Crippen LogP contribution is 2.28. The van der Waals surface area contributed by atoms with Gasteiger partial charge in [-0.25, -0.2) is 5.43 Å². The predicted molar refractivity (Wildman–Crippen MR) is 114 cm³/mol. The van der Waals surface area contributed by atoms with Gasteiger partial charge < -0.3 is 9.30 Å². The number of hydrogen-bond acceptors (Lipinski definition) is 6. The minimum Gasteiger partial charge on any atom is -0.496 e. The molecule has 2 aromatic carbocycles. The number of rotatable bonds is 7. The molecule has 0 radical (unpaired) electrons. The topological polar surface area (TPSA) is 81.4 Å². The van der Waals surface area contributed by atoms with Crippen molar-refractivity contribution in [2.24, 2.45) is 12.1 Å². The van der Waals surface area contributed by atoms with E-state index in [-0.39, 0.29) is 11.7 Å². The van der Waals surface area contributed by atoms with Gasteiger partial charge >= 0.3 is 0 Å². The summed E-state index contributed by atoms with van der Waals surface area (Å²) < 4.78 is 8.03. The van der Waals surface area contributed by atoms with Crippen LogP contribution in [-0.4, -0.2) is 39.7 Å². The molecule has 28 heavy (non-hydrogen) atoms. The number of amides is 1. The number of nitrogens with one attached hydrogen (secondary N) is 1. The maximum Gasteiger partial charge on any atom is 0.250 e. The van der Waals surface area contributed by atoms with Crippen LogP contribution < -0.4 is 10.2 Å². The van der Waals surface area contributed by atoms with Gasteiger partial charge in [-0.3, -0.25) is 4.79 Å². The molecule has 1 aromatic heterocycles. The van der Waals surface area contributed by atoms with Crippen LogP contribution in [0.4, 0.5) is 0 Å². The number of hydrogen-bond donors (Lipinski definition) is 1. The standard InChI is InChI=1S/C19H18BrN5O2S/c1-25-18(14-8-4-5-9-15(14)20)23-24-19(25)28-12-17(26)22-21-11-13-7-3-6-10-16(13)27-2/h3-11H,12H2,1-2H3,(H,22,26)/b21-11+. The number of hydrazone groups is 1. The maximum absolute atomic E-state index is 12.1. The summed E-state index contributed by atoms with van der Waals surface area (Å²) >= 11 is 4.81. The van der Waals surface area contributed by atoms with Crippen LogP contribution in [0, 0.1) is 0 Å². The SMILES string of the molecule is COc1ccccc1/C=N/NC(=O)CSc1nnc(-c2ccccc2Br)n1C. The molecule has 0 fully saturated rings. The monoisotopic (exact) mass is 459 g/mol. The number of benzene rings is 2. The molecule has 144 valence electrons. The lowest BCUT2D eigenvalue weighted by Crippen LogP contribution is -2.20. The Balaban J connectivity index is 1.58. The van der Waals surface area contributed by atoms with Crippen LogP contribution in [0.25, 0.3) is 11.4 Å². The van der Waals surface area contributed by atoms with Gasteiger partial charge in [-0.2, -0.15) is 5.10 Å². The van der Waals surface area contributed by atoms with Gasteiger partial charge in [0.05, 0.1) is 19.1 Å². The van der Waals surface area contributed by atoms with Crippen molar-refractivity contribution in [3.05, 3.63) is 58.6 Å². The highest BCUT2D eigenvalue weighted by molar-refractivity contribution is 9.10. The molecule has 0 aliphatic carbocycles. The fourth-order valence-corrected chi connectivity index (χ4v) is 3.59. The third kappa shape index (κ3) is 4.79. The minimum atomic E-state index is -0.235. The lowest BCUT2D eigenvalue weighted by Gasteiger charge is -2.05. The number of ether oxygens (including phenoxy) is 1. The van der Waals surface area contributed by atoms with Gasteiger partial charge in [-0.15, -0.1) is 10.2 Å². The predicted octanol–water partition coefficient (Wildman–Crippen LogP) is 3.50. The first-order chi connectivity index (χ1) is 13.6. The third-order valence-corrected chi connectivity index (χ3v) is 5.53. The number of aromatic nitrogens is 3. The number of carbonyl (C=O) groups is 1. The van der Waals surface area contributed by atoms with Crippen LogP contribution in [0.5, 0.6) is 5.75 Å². The largest absolute Gasteiger partial charge is 0.496 e. The van der Waals surface area contributed by atoms with Gasteiger partial charge in [0.1, 0.15) is 5.75 Å². The molecule has 1 heterocycles. The third-order valence-electron chi connectivity index (χ3n) is 3.81. The lowest BCUT2D eigenvalue weighted by molar-refractivity contribution is -0.118. The molecule has 0 saturated carbocycles. The average Bonchev–Trinajstić information content (AvgIpc) is 3.07. The van der Waals surface area contributed by atoms with Crippen LogP contribution in [-0.2, 0) is 11.8 Å². The fraction of sp³-hybridized carbons (Fsp3) is 0.158. The first-order valence-electron chi connectivity index (χ1n) is 8.32. The normalized spacial score (nSPS) is 11.0. The van der Waals surface area contributed by atoms with Crippen molar-refractivity contribution in [3.8, 4) is 17.1 Å². The molecular formula is C19H18BrN5O2S. The van der Waals surface area contributed by atoms with Crippen molar-refractivity contribution >= 4 is 39.8 Å². The number of thioether (sulfide) groups is 1. The van der Waals surface area contributed by atoms with Gasteiger partial charge in [0.15, 0.2) is 11.0 Å². The zero-order valence-corrected chi connectivity index (χ0v) is 17.7. The van der Waals surface area contributed by atoms with Gasteiger partial charge in [0, 0.05) is 22.6 Å². The van der Waals surface area contributed by atoms with E-state index in [0.717, 1.165) is 21.4 Å². The molecule has 0 saturated heterocycles. The fourth-order valence-electron chi connectivity index (χ4n) is 2.43. The summed E-state index contributed by atoms with van der Waals surface area (Å²) in [5.41, 5.74) is 4.23. The Bertz CT molecular complexity index is 1010. The molecule has 0 aliphatic rings. The molecule has 0 aliphatic heterocycles. The second-order valence-electron chi connectivity index (χ2n) is 5.67. The molecule has 0 atom stereocenters. The lowest BCUT2D eigenvalue weighted by atomic mass is 10.2. The van der Waals surface area contributed by atoms with Crippen molar-refractivity contribution < 1.29 is 9.53 Å². The Morgan fingerprint density at radius 2 is 2.00 bits per heavy atom. The van der Waals surface area contributed by atoms with E-state index in [9.17, 15) is 4.79 Å². The number of carbonyl (C=O) groups excluding carboxylic acids is 1. The van der Waals surface area contributed by atoms with E-state index in [1.807, 2.05) is 60.1 Å². The summed E-state index contributed by atoms with van der Waals surface area (Å²) in [6.07, 6.45) is 1.55. The molecule has 1 amide bonds. The van der Waals surface area contributed by atoms with Crippen molar-refractivity contribution in [1.82, 2.24) is 20.2 Å². The second kappa shape index (κ2) is 9.52. The van der Waals surface area contributed by atoms with Crippen LogP contribution in [0.1, 0.15) is 5.56 Å². The molecular weight excluding hydrogens is 442 g/mol. The van der Waals surface area contributed by atoms with E-state index < -0.39 is 0 Å². The zero-order valence-electron chi connectivity index (χ0n) is 15.3. The van der Waals surface area contributed by atoms with E-state index in [1.165, 1.54) is 11.8 Å². The molecule has 3 aromatic rings. The molecule has 0 bridgehead atoms. The van der Waals surface area contributed by atoms with E-state index in [4.69, 9.17) is 4.74 Å². The zero-order chi connectivity index (χ0) is 19.9. The number of nitrogens with zero attached hydrogens (tertiary/aromatic N) is 4. The van der Waals surface area contributed by atoms with Gasteiger partial charge in [0.25, 0.3) is 5.91 Å². The minimum absolute atomic E-state index is 0.172. The van der Waals surface area contributed by atoms with Crippen molar-refractivity contribution in [3.63, 3.8) is 0 Å². The summed E-state index contributed by atoms with van der Waals surface area (Å²) in [4.78, 5) is 12.1. The van der Waals surface area contributed by atoms with Gasteiger partial charge in [-0.1, -0.05) is 58.0 Å². The van der Waals surface area contributed by atoms with Crippen LogP contribution >= 0.6 is 27.7 Å². The van der Waals surface area contributed by atoms with Crippen LogP contribution in [0.2, 0.25) is 0 Å². The Kier molecular flexibility index (Phi) is 6.83.